The molecule has 2 rings (SSSR count). The SMILES string of the molecule is C[C@@H](N)c1ccnc(N(C)Cc2cccc(Br)c2)c1. The van der Waals surface area contributed by atoms with Crippen molar-refractivity contribution in [2.45, 2.75) is 19.5 Å². The Labute approximate surface area is 122 Å². The van der Waals surface area contributed by atoms with Crippen molar-refractivity contribution < 1.29 is 0 Å². The van der Waals surface area contributed by atoms with Gasteiger partial charge in [0.2, 0.25) is 0 Å². The molecule has 0 saturated heterocycles. The Hall–Kier alpha value is -1.39. The van der Waals surface area contributed by atoms with E-state index in [1.54, 1.807) is 0 Å². The fraction of sp³-hybridized carbons (Fsp3) is 0.267. The third-order valence-electron chi connectivity index (χ3n) is 3.00. The minimum Gasteiger partial charge on any atom is -0.355 e. The van der Waals surface area contributed by atoms with E-state index < -0.39 is 0 Å². The minimum atomic E-state index is 0.0287. The van der Waals surface area contributed by atoms with Crippen LogP contribution in [-0.2, 0) is 6.54 Å². The van der Waals surface area contributed by atoms with E-state index in [1.807, 2.05) is 44.4 Å². The van der Waals surface area contributed by atoms with Crippen molar-refractivity contribution in [1.29, 1.82) is 0 Å². The molecule has 0 bridgehead atoms. The van der Waals surface area contributed by atoms with E-state index in [0.29, 0.717) is 0 Å². The second-order valence-corrected chi connectivity index (χ2v) is 5.64. The van der Waals surface area contributed by atoms with Gasteiger partial charge in [-0.3, -0.25) is 0 Å². The first-order valence-corrected chi connectivity index (χ1v) is 7.02. The number of hydrogen-bond donors (Lipinski definition) is 1. The second kappa shape index (κ2) is 6.17. The van der Waals surface area contributed by atoms with Crippen molar-refractivity contribution in [1.82, 2.24) is 4.98 Å². The summed E-state index contributed by atoms with van der Waals surface area (Å²) in [5.41, 5.74) is 8.25. The molecular formula is C15H18BrN3. The Balaban J connectivity index is 2.15. The summed E-state index contributed by atoms with van der Waals surface area (Å²) < 4.78 is 1.09. The Bertz CT molecular complexity index is 555. The molecule has 0 fully saturated rings. The standard InChI is InChI=1S/C15H18BrN3/c1-11(17)13-6-7-18-15(9-13)19(2)10-12-4-3-5-14(16)8-12/h3-9,11H,10,17H2,1-2H3/t11-/m1/s1. The molecular weight excluding hydrogens is 302 g/mol. The highest BCUT2D eigenvalue weighted by molar-refractivity contribution is 9.10. The smallest absolute Gasteiger partial charge is 0.128 e. The molecule has 0 aliphatic rings. The Morgan fingerprint density at radius 1 is 1.32 bits per heavy atom. The summed E-state index contributed by atoms with van der Waals surface area (Å²) in [6.45, 7) is 2.79. The summed E-state index contributed by atoms with van der Waals surface area (Å²) in [6, 6.07) is 12.3. The fourth-order valence-corrected chi connectivity index (χ4v) is 2.36. The molecule has 0 aliphatic carbocycles. The minimum absolute atomic E-state index is 0.0287. The molecule has 1 aromatic carbocycles. The number of benzene rings is 1. The second-order valence-electron chi connectivity index (χ2n) is 4.72. The highest BCUT2D eigenvalue weighted by Crippen LogP contribution is 2.19. The Morgan fingerprint density at radius 2 is 2.11 bits per heavy atom. The molecule has 0 radical (unpaired) electrons. The zero-order valence-electron chi connectivity index (χ0n) is 11.2. The van der Waals surface area contributed by atoms with E-state index in [4.69, 9.17) is 5.73 Å². The van der Waals surface area contributed by atoms with E-state index in [0.717, 1.165) is 22.4 Å². The highest BCUT2D eigenvalue weighted by Gasteiger charge is 2.06. The number of nitrogens with two attached hydrogens (primary N) is 1. The molecule has 4 heteroatoms. The maximum absolute atomic E-state index is 5.90. The molecule has 0 aliphatic heterocycles. The molecule has 0 amide bonds. The lowest BCUT2D eigenvalue weighted by atomic mass is 10.1. The molecule has 2 N–H and O–H groups in total. The van der Waals surface area contributed by atoms with Crippen molar-refractivity contribution in [2.24, 2.45) is 5.73 Å². The van der Waals surface area contributed by atoms with E-state index in [1.165, 1.54) is 5.56 Å². The molecule has 0 unspecified atom stereocenters. The maximum atomic E-state index is 5.90. The molecule has 3 nitrogen and oxygen atoms in total. The lowest BCUT2D eigenvalue weighted by Crippen LogP contribution is -2.18. The zero-order chi connectivity index (χ0) is 13.8. The summed E-state index contributed by atoms with van der Waals surface area (Å²) in [5.74, 6) is 0.940. The summed E-state index contributed by atoms with van der Waals surface area (Å²) in [4.78, 5) is 6.52. The predicted molar refractivity (Wildman–Crippen MR) is 83.1 cm³/mol. The molecule has 2 aromatic rings. The van der Waals surface area contributed by atoms with Crippen LogP contribution in [0.2, 0.25) is 0 Å². The van der Waals surface area contributed by atoms with Gasteiger partial charge in [-0.2, -0.15) is 0 Å². The average Bonchev–Trinajstić information content (AvgIpc) is 2.39. The lowest BCUT2D eigenvalue weighted by Gasteiger charge is -2.19. The van der Waals surface area contributed by atoms with Gasteiger partial charge in [0.1, 0.15) is 5.82 Å². The first-order valence-electron chi connectivity index (χ1n) is 6.23. The van der Waals surface area contributed by atoms with Crippen molar-refractivity contribution in [3.05, 3.63) is 58.2 Å². The van der Waals surface area contributed by atoms with Gasteiger partial charge < -0.3 is 10.6 Å². The fourth-order valence-electron chi connectivity index (χ4n) is 1.92. The van der Waals surface area contributed by atoms with E-state index in [-0.39, 0.29) is 6.04 Å². The number of rotatable bonds is 4. The number of nitrogens with zero attached hydrogens (tertiary/aromatic N) is 2. The van der Waals surface area contributed by atoms with Crippen LogP contribution in [0.25, 0.3) is 0 Å². The van der Waals surface area contributed by atoms with Crippen LogP contribution in [0.5, 0.6) is 0 Å². The number of halogens is 1. The third-order valence-corrected chi connectivity index (χ3v) is 3.49. The highest BCUT2D eigenvalue weighted by atomic mass is 79.9. The number of anilines is 1. The normalized spacial score (nSPS) is 12.2. The number of pyridine rings is 1. The van der Waals surface area contributed by atoms with E-state index in [2.05, 4.69) is 37.9 Å². The van der Waals surface area contributed by atoms with Crippen molar-refractivity contribution >= 4 is 21.7 Å². The van der Waals surface area contributed by atoms with Crippen LogP contribution in [0.1, 0.15) is 24.1 Å². The van der Waals surface area contributed by atoms with E-state index in [9.17, 15) is 0 Å². The molecule has 1 atom stereocenters. The van der Waals surface area contributed by atoms with Gasteiger partial charge in [-0.25, -0.2) is 4.98 Å². The number of aromatic nitrogens is 1. The first kappa shape index (κ1) is 14.0. The molecule has 1 aromatic heterocycles. The largest absolute Gasteiger partial charge is 0.355 e. The molecule has 100 valence electrons. The Kier molecular flexibility index (Phi) is 4.56. The van der Waals surface area contributed by atoms with Gasteiger partial charge in [0, 0.05) is 30.3 Å². The van der Waals surface area contributed by atoms with Crippen LogP contribution in [0, 0.1) is 0 Å². The zero-order valence-corrected chi connectivity index (χ0v) is 12.8. The topological polar surface area (TPSA) is 42.1 Å². The Morgan fingerprint density at radius 3 is 2.79 bits per heavy atom. The number of hydrogen-bond acceptors (Lipinski definition) is 3. The van der Waals surface area contributed by atoms with Crippen LogP contribution in [0.3, 0.4) is 0 Å². The van der Waals surface area contributed by atoms with Crippen LogP contribution in [0.15, 0.2) is 47.1 Å². The maximum Gasteiger partial charge on any atom is 0.128 e. The van der Waals surface area contributed by atoms with Gasteiger partial charge in [-0.05, 0) is 42.3 Å². The monoisotopic (exact) mass is 319 g/mol. The molecule has 1 heterocycles. The predicted octanol–water partition coefficient (Wildman–Crippen LogP) is 3.50. The average molecular weight is 320 g/mol. The third kappa shape index (κ3) is 3.78. The molecule has 19 heavy (non-hydrogen) atoms. The molecule has 0 spiro atoms. The van der Waals surface area contributed by atoms with Crippen LogP contribution >= 0.6 is 15.9 Å². The van der Waals surface area contributed by atoms with Gasteiger partial charge in [0.05, 0.1) is 0 Å². The van der Waals surface area contributed by atoms with Crippen LogP contribution in [-0.4, -0.2) is 12.0 Å². The van der Waals surface area contributed by atoms with Crippen LogP contribution in [0.4, 0.5) is 5.82 Å². The van der Waals surface area contributed by atoms with Gasteiger partial charge in [-0.15, -0.1) is 0 Å². The summed E-state index contributed by atoms with van der Waals surface area (Å²) in [7, 11) is 2.04. The van der Waals surface area contributed by atoms with Crippen LogP contribution < -0.4 is 10.6 Å². The quantitative estimate of drug-likeness (QED) is 0.937. The van der Waals surface area contributed by atoms with Crippen molar-refractivity contribution in [3.8, 4) is 0 Å². The summed E-state index contributed by atoms with van der Waals surface area (Å²) >= 11 is 3.49. The van der Waals surface area contributed by atoms with Gasteiger partial charge in [0.25, 0.3) is 0 Å². The van der Waals surface area contributed by atoms with Crippen molar-refractivity contribution in [3.63, 3.8) is 0 Å². The molecule has 0 saturated carbocycles. The van der Waals surface area contributed by atoms with Gasteiger partial charge in [-0.1, -0.05) is 28.1 Å². The van der Waals surface area contributed by atoms with Crippen molar-refractivity contribution in [2.75, 3.05) is 11.9 Å². The lowest BCUT2D eigenvalue weighted by molar-refractivity contribution is 0.809. The van der Waals surface area contributed by atoms with Gasteiger partial charge in [0.15, 0.2) is 0 Å². The summed E-state index contributed by atoms with van der Waals surface area (Å²) in [6.07, 6.45) is 1.81. The van der Waals surface area contributed by atoms with E-state index >= 15 is 0 Å². The van der Waals surface area contributed by atoms with Gasteiger partial charge >= 0.3 is 0 Å². The summed E-state index contributed by atoms with van der Waals surface area (Å²) in [5, 5.41) is 0. The first-order chi connectivity index (χ1) is 9.06.